The van der Waals surface area contributed by atoms with Crippen LogP contribution in [0.2, 0.25) is 0 Å². The van der Waals surface area contributed by atoms with Gasteiger partial charge in [-0.25, -0.2) is 0 Å². The molecule has 0 radical (unpaired) electrons. The van der Waals surface area contributed by atoms with E-state index in [1.807, 2.05) is 6.92 Å². The van der Waals surface area contributed by atoms with Crippen LogP contribution in [-0.4, -0.2) is 34.7 Å². The molecule has 0 spiro atoms. The highest BCUT2D eigenvalue weighted by Gasteiger charge is 2.32. The molecule has 3 atom stereocenters. The van der Waals surface area contributed by atoms with Crippen LogP contribution in [0.15, 0.2) is 0 Å². The van der Waals surface area contributed by atoms with Gasteiger partial charge in [-0.05, 0) is 45.1 Å². The Morgan fingerprint density at radius 2 is 2.00 bits per heavy atom. The molecular formula is C13H27NO. The molecule has 90 valence electrons. The molecule has 0 aliphatic carbocycles. The summed E-state index contributed by atoms with van der Waals surface area (Å²) in [6.07, 6.45) is 2.61. The van der Waals surface area contributed by atoms with E-state index >= 15 is 0 Å². The minimum Gasteiger partial charge on any atom is -0.389 e. The van der Waals surface area contributed by atoms with Gasteiger partial charge in [0, 0.05) is 12.6 Å². The van der Waals surface area contributed by atoms with Crippen molar-refractivity contribution in [2.24, 2.45) is 11.8 Å². The summed E-state index contributed by atoms with van der Waals surface area (Å²) >= 11 is 0. The maximum absolute atomic E-state index is 10.3. The van der Waals surface area contributed by atoms with Gasteiger partial charge in [0.1, 0.15) is 0 Å². The summed E-state index contributed by atoms with van der Waals surface area (Å²) in [4.78, 5) is 2.45. The first-order chi connectivity index (χ1) is 6.84. The third kappa shape index (κ3) is 3.18. The quantitative estimate of drug-likeness (QED) is 0.778. The van der Waals surface area contributed by atoms with E-state index in [1.165, 1.54) is 12.8 Å². The molecule has 1 aliphatic heterocycles. The predicted octanol–water partition coefficient (Wildman–Crippen LogP) is 2.51. The lowest BCUT2D eigenvalue weighted by Gasteiger charge is -2.42. The number of piperidine rings is 1. The highest BCUT2D eigenvalue weighted by atomic mass is 16.3. The van der Waals surface area contributed by atoms with Gasteiger partial charge < -0.3 is 5.11 Å². The van der Waals surface area contributed by atoms with E-state index in [0.29, 0.717) is 12.0 Å². The third-order valence-electron chi connectivity index (χ3n) is 4.27. The second-order valence-electron chi connectivity index (χ2n) is 5.84. The summed E-state index contributed by atoms with van der Waals surface area (Å²) in [5.41, 5.74) is -0.550. The third-order valence-corrected chi connectivity index (χ3v) is 4.27. The van der Waals surface area contributed by atoms with E-state index in [4.69, 9.17) is 0 Å². The van der Waals surface area contributed by atoms with Gasteiger partial charge in [-0.3, -0.25) is 4.90 Å². The van der Waals surface area contributed by atoms with Gasteiger partial charge in [0.2, 0.25) is 0 Å². The van der Waals surface area contributed by atoms with E-state index in [2.05, 4.69) is 32.6 Å². The normalized spacial score (nSPS) is 33.0. The van der Waals surface area contributed by atoms with Gasteiger partial charge >= 0.3 is 0 Å². The lowest BCUT2D eigenvalue weighted by molar-refractivity contribution is -0.0409. The Morgan fingerprint density at radius 1 is 1.40 bits per heavy atom. The first-order valence-electron chi connectivity index (χ1n) is 6.31. The highest BCUT2D eigenvalue weighted by molar-refractivity contribution is 4.86. The van der Waals surface area contributed by atoms with Crippen LogP contribution in [0, 0.1) is 11.8 Å². The smallest absolute Gasteiger partial charge is 0.0768 e. The minimum absolute atomic E-state index is 0.321. The van der Waals surface area contributed by atoms with Crippen molar-refractivity contribution in [2.75, 3.05) is 13.1 Å². The molecule has 0 aromatic carbocycles. The first kappa shape index (κ1) is 13.0. The molecule has 0 aromatic heterocycles. The fraction of sp³-hybridized carbons (Fsp3) is 1.00. The lowest BCUT2D eigenvalue weighted by Crippen LogP contribution is -2.51. The van der Waals surface area contributed by atoms with Crippen molar-refractivity contribution in [1.82, 2.24) is 4.90 Å². The van der Waals surface area contributed by atoms with Gasteiger partial charge in [-0.2, -0.15) is 0 Å². The van der Waals surface area contributed by atoms with Gasteiger partial charge in [-0.1, -0.05) is 20.8 Å². The zero-order valence-corrected chi connectivity index (χ0v) is 11.0. The molecule has 0 aromatic rings. The second-order valence-corrected chi connectivity index (χ2v) is 5.84. The maximum atomic E-state index is 10.3. The molecule has 3 unspecified atom stereocenters. The molecule has 1 N–H and O–H groups in total. The second kappa shape index (κ2) is 4.84. The zero-order valence-electron chi connectivity index (χ0n) is 11.0. The van der Waals surface area contributed by atoms with Crippen molar-refractivity contribution >= 4 is 0 Å². The molecule has 1 heterocycles. The molecule has 15 heavy (non-hydrogen) atoms. The Labute approximate surface area is 94.7 Å². The number of rotatable bonds is 3. The van der Waals surface area contributed by atoms with Crippen LogP contribution >= 0.6 is 0 Å². The Hall–Kier alpha value is -0.0800. The fourth-order valence-electron chi connectivity index (χ4n) is 2.24. The summed E-state index contributed by atoms with van der Waals surface area (Å²) in [5.74, 6) is 1.09. The molecule has 1 aliphatic rings. The van der Waals surface area contributed by atoms with Crippen LogP contribution in [0.5, 0.6) is 0 Å². The van der Waals surface area contributed by atoms with Crippen LogP contribution in [0.25, 0.3) is 0 Å². The number of aliphatic hydroxyl groups is 1. The molecule has 1 rings (SSSR count). The SMILES string of the molecule is CC1CCCN(CC(C)(O)C(C)C)C1C. The Balaban J connectivity index is 2.57. The standard InChI is InChI=1S/C13H27NO/c1-10(2)13(5,15)9-14-8-6-7-11(3)12(14)4/h10-12,15H,6-9H2,1-5H3. The number of hydrogen-bond acceptors (Lipinski definition) is 2. The zero-order chi connectivity index (χ0) is 11.6. The number of likely N-dealkylation sites (tertiary alicyclic amines) is 1. The van der Waals surface area contributed by atoms with Crippen LogP contribution in [0.4, 0.5) is 0 Å². The molecule has 0 amide bonds. The van der Waals surface area contributed by atoms with Crippen LogP contribution in [0.3, 0.4) is 0 Å². The average molecular weight is 213 g/mol. The molecule has 2 nitrogen and oxygen atoms in total. The number of nitrogens with zero attached hydrogens (tertiary/aromatic N) is 1. The van der Waals surface area contributed by atoms with Crippen LogP contribution < -0.4 is 0 Å². The summed E-state index contributed by atoms with van der Waals surface area (Å²) in [6, 6.07) is 0.615. The van der Waals surface area contributed by atoms with E-state index in [-0.39, 0.29) is 0 Å². The van der Waals surface area contributed by atoms with Crippen molar-refractivity contribution in [3.05, 3.63) is 0 Å². The predicted molar refractivity (Wildman–Crippen MR) is 64.9 cm³/mol. The van der Waals surface area contributed by atoms with Gasteiger partial charge in [0.15, 0.2) is 0 Å². The highest BCUT2D eigenvalue weighted by Crippen LogP contribution is 2.26. The van der Waals surface area contributed by atoms with Gasteiger partial charge in [0.25, 0.3) is 0 Å². The van der Waals surface area contributed by atoms with E-state index in [1.54, 1.807) is 0 Å². The summed E-state index contributed by atoms with van der Waals surface area (Å²) in [7, 11) is 0. The molecule has 2 heteroatoms. The van der Waals surface area contributed by atoms with Crippen molar-refractivity contribution in [3.8, 4) is 0 Å². The van der Waals surface area contributed by atoms with Crippen molar-refractivity contribution in [1.29, 1.82) is 0 Å². The fourth-order valence-corrected chi connectivity index (χ4v) is 2.24. The van der Waals surface area contributed by atoms with Gasteiger partial charge in [0.05, 0.1) is 5.60 Å². The minimum atomic E-state index is -0.550. The molecular weight excluding hydrogens is 186 g/mol. The van der Waals surface area contributed by atoms with Crippen LogP contribution in [0.1, 0.15) is 47.5 Å². The Bertz CT molecular complexity index is 201. The first-order valence-corrected chi connectivity index (χ1v) is 6.31. The van der Waals surface area contributed by atoms with Crippen LogP contribution in [-0.2, 0) is 0 Å². The molecule has 1 fully saturated rings. The van der Waals surface area contributed by atoms with E-state index < -0.39 is 5.60 Å². The Morgan fingerprint density at radius 3 is 2.53 bits per heavy atom. The lowest BCUT2D eigenvalue weighted by atomic mass is 9.87. The van der Waals surface area contributed by atoms with Crippen molar-refractivity contribution in [3.63, 3.8) is 0 Å². The van der Waals surface area contributed by atoms with E-state index in [9.17, 15) is 5.11 Å². The maximum Gasteiger partial charge on any atom is 0.0768 e. The Kier molecular flexibility index (Phi) is 4.19. The van der Waals surface area contributed by atoms with E-state index in [0.717, 1.165) is 19.0 Å². The monoisotopic (exact) mass is 213 g/mol. The summed E-state index contributed by atoms with van der Waals surface area (Å²) in [5, 5.41) is 10.3. The molecule has 0 saturated carbocycles. The summed E-state index contributed by atoms with van der Waals surface area (Å²) < 4.78 is 0. The molecule has 1 saturated heterocycles. The van der Waals surface area contributed by atoms with Crippen molar-refractivity contribution in [2.45, 2.75) is 59.1 Å². The molecule has 0 bridgehead atoms. The number of β-amino-alcohol motifs (C(OH)–C–C–N with tert-alkyl or cyclic N) is 1. The summed E-state index contributed by atoms with van der Waals surface area (Å²) in [6.45, 7) is 12.7. The van der Waals surface area contributed by atoms with Gasteiger partial charge in [-0.15, -0.1) is 0 Å². The number of hydrogen-bond donors (Lipinski definition) is 1. The van der Waals surface area contributed by atoms with Crippen molar-refractivity contribution < 1.29 is 5.11 Å². The topological polar surface area (TPSA) is 23.5 Å². The average Bonchev–Trinajstić information content (AvgIpc) is 2.12. The largest absolute Gasteiger partial charge is 0.389 e.